The number of benzene rings is 1. The Kier molecular flexibility index (Phi) is 7.13. The van der Waals surface area contributed by atoms with Gasteiger partial charge in [0.05, 0.1) is 17.4 Å². The molecule has 0 aliphatic carbocycles. The predicted molar refractivity (Wildman–Crippen MR) is 132 cm³/mol. The molecule has 1 amide bonds. The molecule has 3 heterocycles. The molecular formula is C24H37NO9SSi. The summed E-state index contributed by atoms with van der Waals surface area (Å²) in [5, 5.41) is 2.70. The Labute approximate surface area is 214 Å². The van der Waals surface area contributed by atoms with Crippen molar-refractivity contribution in [2.75, 3.05) is 6.61 Å². The first-order valence-electron chi connectivity index (χ1n) is 12.1. The van der Waals surface area contributed by atoms with E-state index in [1.54, 1.807) is 32.9 Å². The Bertz CT molecular complexity index is 1080. The van der Waals surface area contributed by atoms with Crippen molar-refractivity contribution in [1.29, 1.82) is 0 Å². The smallest absolute Gasteiger partial charge is 0.297 e. The average molecular weight is 544 g/mol. The topological polar surface area (TPSA) is 119 Å². The predicted octanol–water partition coefficient (Wildman–Crippen LogP) is 3.13. The maximum absolute atomic E-state index is 12.9. The van der Waals surface area contributed by atoms with Gasteiger partial charge in [-0.2, -0.15) is 8.42 Å². The molecule has 0 bridgehead atoms. The Morgan fingerprint density at radius 3 is 2.31 bits per heavy atom. The van der Waals surface area contributed by atoms with E-state index in [1.165, 1.54) is 12.1 Å². The molecule has 12 heteroatoms. The Morgan fingerprint density at radius 1 is 1.11 bits per heavy atom. The lowest BCUT2D eigenvalue weighted by molar-refractivity contribution is -0.230. The van der Waals surface area contributed by atoms with Crippen LogP contribution in [0.15, 0.2) is 29.2 Å². The Hall–Kier alpha value is -1.54. The second-order valence-corrected chi connectivity index (χ2v) is 17.9. The number of ether oxygens (including phenoxy) is 4. The van der Waals surface area contributed by atoms with Gasteiger partial charge in [0.1, 0.15) is 30.3 Å². The number of nitrogens with one attached hydrogen (secondary N) is 1. The zero-order valence-corrected chi connectivity index (χ0v) is 23.9. The molecule has 0 unspecified atom stereocenters. The number of carbonyl (C=O) groups is 1. The highest BCUT2D eigenvalue weighted by molar-refractivity contribution is 7.86. The standard InChI is InChI=1S/C24H37NO9SSi/c1-14-20(26)25-21(14)31-18-17(30-22-19(18)32-24(5,6)33-22)13-29-35(27,28)16-11-9-15(10-12-16)34-36(7,8)23(2,3)4/h9-12,14,17-19,21-22H,13H2,1-8H3,(H,25,26)/t14-,17-,18+,19-,21-,22-/m1/s1. The zero-order chi connectivity index (χ0) is 26.7. The second-order valence-electron chi connectivity index (χ2n) is 11.5. The number of amides is 1. The van der Waals surface area contributed by atoms with Crippen molar-refractivity contribution in [2.45, 2.75) is 101 Å². The van der Waals surface area contributed by atoms with Crippen molar-refractivity contribution in [1.82, 2.24) is 5.32 Å². The number of fused-ring (bicyclic) bond motifs is 1. The first kappa shape index (κ1) is 27.5. The quantitative estimate of drug-likeness (QED) is 0.300. The molecular weight excluding hydrogens is 506 g/mol. The van der Waals surface area contributed by atoms with Gasteiger partial charge in [0.15, 0.2) is 12.1 Å². The van der Waals surface area contributed by atoms with Crippen molar-refractivity contribution in [2.24, 2.45) is 5.92 Å². The molecule has 1 N–H and O–H groups in total. The van der Waals surface area contributed by atoms with Crippen LogP contribution in [-0.4, -0.2) is 65.9 Å². The monoisotopic (exact) mass is 543 g/mol. The maximum Gasteiger partial charge on any atom is 0.297 e. The summed E-state index contributed by atoms with van der Waals surface area (Å²) in [6, 6.07) is 6.22. The van der Waals surface area contributed by atoms with Gasteiger partial charge in [-0.15, -0.1) is 0 Å². The van der Waals surface area contributed by atoms with Gasteiger partial charge in [0, 0.05) is 0 Å². The molecule has 0 spiro atoms. The van der Waals surface area contributed by atoms with E-state index in [2.05, 4.69) is 39.2 Å². The second kappa shape index (κ2) is 9.33. The summed E-state index contributed by atoms with van der Waals surface area (Å²) in [6.45, 7) is 15.6. The first-order valence-corrected chi connectivity index (χ1v) is 16.5. The molecule has 36 heavy (non-hydrogen) atoms. The van der Waals surface area contributed by atoms with E-state index in [-0.39, 0.29) is 28.4 Å². The van der Waals surface area contributed by atoms with Crippen LogP contribution < -0.4 is 9.74 Å². The third-order valence-corrected chi connectivity index (χ3v) is 12.9. The third-order valence-electron chi connectivity index (χ3n) is 7.22. The minimum atomic E-state index is -4.08. The number of rotatable bonds is 8. The van der Waals surface area contributed by atoms with Crippen LogP contribution in [0.2, 0.25) is 18.1 Å². The van der Waals surface area contributed by atoms with Crippen LogP contribution in [0.1, 0.15) is 41.5 Å². The van der Waals surface area contributed by atoms with Crippen LogP contribution in [0.5, 0.6) is 5.75 Å². The number of hydrogen-bond donors (Lipinski definition) is 1. The Balaban J connectivity index is 1.42. The lowest BCUT2D eigenvalue weighted by Gasteiger charge is -2.37. The van der Waals surface area contributed by atoms with Crippen LogP contribution in [0.3, 0.4) is 0 Å². The molecule has 0 radical (unpaired) electrons. The molecule has 1 aromatic rings. The van der Waals surface area contributed by atoms with Gasteiger partial charge in [0.25, 0.3) is 10.1 Å². The fourth-order valence-corrected chi connectivity index (χ4v) is 5.90. The summed E-state index contributed by atoms with van der Waals surface area (Å²) in [5.41, 5.74) is 0. The van der Waals surface area contributed by atoms with Gasteiger partial charge in [-0.05, 0) is 63.2 Å². The van der Waals surface area contributed by atoms with E-state index in [0.29, 0.717) is 5.75 Å². The zero-order valence-electron chi connectivity index (χ0n) is 22.1. The highest BCUT2D eigenvalue weighted by atomic mass is 32.2. The summed E-state index contributed by atoms with van der Waals surface area (Å²) in [5.74, 6) is -0.709. The SMILES string of the molecule is C[C@@H]1C(=O)N[C@@H]1O[C@@H]1[C@H]2OC(C)(C)O[C@H]2O[C@@H]1COS(=O)(=O)c1ccc(O[Si](C)(C)C(C)(C)C)cc1. The van der Waals surface area contributed by atoms with Crippen LogP contribution >= 0.6 is 0 Å². The van der Waals surface area contributed by atoms with Gasteiger partial charge in [-0.25, -0.2) is 0 Å². The fourth-order valence-electron chi connectivity index (χ4n) is 3.95. The summed E-state index contributed by atoms with van der Waals surface area (Å²) in [7, 11) is -6.13. The highest BCUT2D eigenvalue weighted by Gasteiger charge is 2.57. The third kappa shape index (κ3) is 5.49. The first-order chi connectivity index (χ1) is 16.5. The van der Waals surface area contributed by atoms with E-state index in [4.69, 9.17) is 27.6 Å². The van der Waals surface area contributed by atoms with Gasteiger partial charge < -0.3 is 28.7 Å². The van der Waals surface area contributed by atoms with Gasteiger partial charge in [0.2, 0.25) is 14.2 Å². The van der Waals surface area contributed by atoms with Crippen LogP contribution in [0.4, 0.5) is 0 Å². The lowest BCUT2D eigenvalue weighted by Crippen LogP contribution is -2.60. The minimum Gasteiger partial charge on any atom is -0.544 e. The fraction of sp³-hybridized carbons (Fsp3) is 0.708. The van der Waals surface area contributed by atoms with Gasteiger partial charge in [-0.3, -0.25) is 8.98 Å². The summed E-state index contributed by atoms with van der Waals surface area (Å²) < 4.78 is 61.1. The molecule has 4 rings (SSSR count). The molecule has 6 atom stereocenters. The number of β-lactam (4-membered cyclic amide) rings is 1. The van der Waals surface area contributed by atoms with E-state index < -0.39 is 55.1 Å². The van der Waals surface area contributed by atoms with Crippen molar-refractivity contribution >= 4 is 24.3 Å². The largest absolute Gasteiger partial charge is 0.544 e. The molecule has 202 valence electrons. The average Bonchev–Trinajstić information content (AvgIpc) is 3.22. The molecule has 3 aliphatic rings. The van der Waals surface area contributed by atoms with Crippen LogP contribution in [-0.2, 0) is 38.0 Å². The van der Waals surface area contributed by atoms with E-state index in [9.17, 15) is 13.2 Å². The van der Waals surface area contributed by atoms with Crippen LogP contribution in [0, 0.1) is 5.92 Å². The van der Waals surface area contributed by atoms with Crippen molar-refractivity contribution in [3.05, 3.63) is 24.3 Å². The van der Waals surface area contributed by atoms with Crippen molar-refractivity contribution in [3.8, 4) is 5.75 Å². The van der Waals surface area contributed by atoms with E-state index >= 15 is 0 Å². The van der Waals surface area contributed by atoms with E-state index in [0.717, 1.165) is 0 Å². The van der Waals surface area contributed by atoms with Crippen molar-refractivity contribution in [3.63, 3.8) is 0 Å². The number of hydrogen-bond acceptors (Lipinski definition) is 9. The molecule has 3 saturated heterocycles. The summed E-state index contributed by atoms with van der Waals surface area (Å²) in [4.78, 5) is 11.6. The van der Waals surface area contributed by atoms with E-state index in [1.807, 2.05) is 0 Å². The lowest BCUT2D eigenvalue weighted by atomic mass is 10.0. The normalized spacial score (nSPS) is 32.1. The van der Waals surface area contributed by atoms with Gasteiger partial charge >= 0.3 is 0 Å². The Morgan fingerprint density at radius 2 is 1.75 bits per heavy atom. The maximum atomic E-state index is 12.9. The molecule has 10 nitrogen and oxygen atoms in total. The van der Waals surface area contributed by atoms with Crippen molar-refractivity contribution < 1.29 is 40.8 Å². The molecule has 0 saturated carbocycles. The molecule has 3 aliphatic heterocycles. The van der Waals surface area contributed by atoms with Crippen LogP contribution in [0.25, 0.3) is 0 Å². The molecule has 0 aromatic heterocycles. The highest BCUT2D eigenvalue weighted by Crippen LogP contribution is 2.40. The minimum absolute atomic E-state index is 0.00857. The van der Waals surface area contributed by atoms with Gasteiger partial charge in [-0.1, -0.05) is 20.8 Å². The molecule has 3 fully saturated rings. The number of carbonyl (C=O) groups excluding carboxylic acids is 1. The summed E-state index contributed by atoms with van der Waals surface area (Å²) >= 11 is 0. The molecule has 1 aromatic carbocycles. The summed E-state index contributed by atoms with van der Waals surface area (Å²) in [6.07, 6.45) is -3.33.